The van der Waals surface area contributed by atoms with E-state index in [0.717, 1.165) is 49.4 Å². The van der Waals surface area contributed by atoms with Crippen LogP contribution in [0.1, 0.15) is 52.4 Å². The molecule has 5 nitrogen and oxygen atoms in total. The first-order valence-electron chi connectivity index (χ1n) is 11.9. The first kappa shape index (κ1) is 18.9. The second kappa shape index (κ2) is 6.32. The highest BCUT2D eigenvalue weighted by Gasteiger charge is 2.60. The molecule has 5 heteroatoms. The molecule has 4 atom stereocenters. The van der Waals surface area contributed by atoms with Crippen LogP contribution in [0.25, 0.3) is 10.9 Å². The highest BCUT2D eigenvalue weighted by Crippen LogP contribution is 2.66. The summed E-state index contributed by atoms with van der Waals surface area (Å²) in [4.78, 5) is 14.1. The Morgan fingerprint density at radius 2 is 1.67 bits per heavy atom. The van der Waals surface area contributed by atoms with Crippen molar-refractivity contribution in [2.24, 2.45) is 16.7 Å². The normalized spacial score (nSPS) is 38.4. The number of para-hydroxylation sites is 1. The number of fused-ring (bicyclic) bond motifs is 1. The predicted molar refractivity (Wildman–Crippen MR) is 122 cm³/mol. The fourth-order valence-electron chi connectivity index (χ4n) is 8.23. The molecule has 30 heavy (non-hydrogen) atoms. The quantitative estimate of drug-likeness (QED) is 0.822. The Morgan fingerprint density at radius 1 is 0.967 bits per heavy atom. The largest absolute Gasteiger partial charge is 0.364 e. The van der Waals surface area contributed by atoms with Gasteiger partial charge < -0.3 is 15.1 Å². The van der Waals surface area contributed by atoms with E-state index in [0.29, 0.717) is 10.8 Å². The summed E-state index contributed by atoms with van der Waals surface area (Å²) in [5.41, 5.74) is 2.25. The van der Waals surface area contributed by atoms with Crippen LogP contribution in [-0.2, 0) is 0 Å². The molecule has 4 saturated carbocycles. The number of piperazine rings is 1. The fraction of sp³-hybridized carbons (Fsp3) is 0.680. The van der Waals surface area contributed by atoms with E-state index in [9.17, 15) is 0 Å². The van der Waals surface area contributed by atoms with Crippen molar-refractivity contribution < 1.29 is 4.90 Å². The zero-order valence-electron chi connectivity index (χ0n) is 18.8. The highest BCUT2D eigenvalue weighted by molar-refractivity contribution is 5.90. The van der Waals surface area contributed by atoms with E-state index in [2.05, 4.69) is 55.4 Å². The number of nitrogens with zero attached hydrogens (tertiary/aromatic N) is 3. The highest BCUT2D eigenvalue weighted by atomic mass is 15.3. The maximum Gasteiger partial charge on any atom is 0.228 e. The minimum absolute atomic E-state index is 0.198. The van der Waals surface area contributed by atoms with Gasteiger partial charge in [0.15, 0.2) is 0 Å². The molecule has 2 N–H and O–H groups in total. The summed E-state index contributed by atoms with van der Waals surface area (Å²) in [6.45, 7) is 9.47. The van der Waals surface area contributed by atoms with E-state index < -0.39 is 0 Å². The van der Waals surface area contributed by atoms with Gasteiger partial charge in [-0.1, -0.05) is 26.0 Å². The van der Waals surface area contributed by atoms with Crippen LogP contribution in [0.4, 0.5) is 11.8 Å². The van der Waals surface area contributed by atoms with Gasteiger partial charge in [0.1, 0.15) is 5.82 Å². The number of aromatic nitrogens is 2. The zero-order valence-corrected chi connectivity index (χ0v) is 18.8. The second-order valence-corrected chi connectivity index (χ2v) is 11.9. The van der Waals surface area contributed by atoms with E-state index in [4.69, 9.17) is 9.97 Å². The summed E-state index contributed by atoms with van der Waals surface area (Å²) in [7, 11) is 2.28. The van der Waals surface area contributed by atoms with Crippen LogP contribution in [0.5, 0.6) is 0 Å². The summed E-state index contributed by atoms with van der Waals surface area (Å²) in [6, 6.07) is 8.57. The average molecular weight is 407 g/mol. The van der Waals surface area contributed by atoms with Gasteiger partial charge in [-0.2, -0.15) is 4.98 Å². The molecule has 2 aromatic rings. The average Bonchev–Trinajstić information content (AvgIpc) is 2.65. The maximum absolute atomic E-state index is 5.17. The number of hydrogen-bond donors (Lipinski definition) is 2. The van der Waals surface area contributed by atoms with Crippen molar-refractivity contribution in [3.8, 4) is 0 Å². The van der Waals surface area contributed by atoms with E-state index >= 15 is 0 Å². The molecule has 0 spiro atoms. The molecule has 1 aromatic carbocycles. The lowest BCUT2D eigenvalue weighted by Gasteiger charge is -2.65. The molecule has 1 saturated heterocycles. The summed E-state index contributed by atoms with van der Waals surface area (Å²) in [5.74, 6) is 2.85. The van der Waals surface area contributed by atoms with Crippen LogP contribution in [-0.4, -0.2) is 48.7 Å². The molecule has 160 valence electrons. The Bertz CT molecular complexity index is 961. The molecule has 0 amide bonds. The van der Waals surface area contributed by atoms with E-state index in [1.807, 2.05) is 0 Å². The lowest BCUT2D eigenvalue weighted by atomic mass is 9.43. The van der Waals surface area contributed by atoms with Crippen LogP contribution < -0.4 is 15.1 Å². The van der Waals surface area contributed by atoms with Crippen molar-refractivity contribution in [3.63, 3.8) is 0 Å². The number of anilines is 2. The number of benzene rings is 1. The first-order chi connectivity index (χ1) is 14.3. The van der Waals surface area contributed by atoms with E-state index in [1.165, 1.54) is 43.9 Å². The molecule has 1 aliphatic heterocycles. The second-order valence-electron chi connectivity index (χ2n) is 11.9. The topological polar surface area (TPSA) is 45.5 Å². The van der Waals surface area contributed by atoms with Crippen LogP contribution in [0.2, 0.25) is 0 Å². The van der Waals surface area contributed by atoms with E-state index in [1.54, 1.807) is 4.90 Å². The third kappa shape index (κ3) is 3.08. The minimum atomic E-state index is 0.198. The minimum Gasteiger partial charge on any atom is -0.364 e. The van der Waals surface area contributed by atoms with Gasteiger partial charge >= 0.3 is 0 Å². The molecule has 2 heterocycles. The molecule has 4 aliphatic carbocycles. The maximum atomic E-state index is 5.17. The molecular weight excluding hydrogens is 370 g/mol. The predicted octanol–water partition coefficient (Wildman–Crippen LogP) is 3.13. The summed E-state index contributed by atoms with van der Waals surface area (Å²) in [5, 5.41) is 5.26. The summed E-state index contributed by atoms with van der Waals surface area (Å²) >= 11 is 0. The molecular formula is C25H36N5+. The van der Waals surface area contributed by atoms with Gasteiger partial charge in [-0.25, -0.2) is 4.98 Å². The number of hydrogen-bond acceptors (Lipinski definition) is 4. The molecule has 1 aromatic heterocycles. The Morgan fingerprint density at radius 3 is 2.37 bits per heavy atom. The Labute approximate surface area is 180 Å². The first-order valence-corrected chi connectivity index (χ1v) is 11.9. The van der Waals surface area contributed by atoms with Crippen molar-refractivity contribution in [2.75, 3.05) is 43.4 Å². The molecule has 7 rings (SSSR count). The van der Waals surface area contributed by atoms with Gasteiger partial charge in [0.2, 0.25) is 5.95 Å². The monoisotopic (exact) mass is 406 g/mol. The van der Waals surface area contributed by atoms with Crippen molar-refractivity contribution in [1.82, 2.24) is 9.97 Å². The van der Waals surface area contributed by atoms with Crippen molar-refractivity contribution >= 4 is 22.7 Å². The van der Waals surface area contributed by atoms with Gasteiger partial charge in [-0.15, -0.1) is 0 Å². The number of nitrogens with one attached hydrogen (secondary N) is 2. The molecule has 5 aliphatic rings. The lowest BCUT2D eigenvalue weighted by molar-refractivity contribution is -0.880. The van der Waals surface area contributed by atoms with Gasteiger partial charge in [-0.05, 0) is 67.4 Å². The third-order valence-corrected chi connectivity index (χ3v) is 8.50. The van der Waals surface area contributed by atoms with Gasteiger partial charge in [-0.3, -0.25) is 0 Å². The van der Waals surface area contributed by atoms with Crippen LogP contribution in [0.3, 0.4) is 0 Å². The van der Waals surface area contributed by atoms with Gasteiger partial charge in [0, 0.05) is 10.9 Å². The summed E-state index contributed by atoms with van der Waals surface area (Å²) < 4.78 is 0. The van der Waals surface area contributed by atoms with Gasteiger partial charge in [0.25, 0.3) is 0 Å². The standard InChI is InChI=1S/C25H35N5/c1-23-12-18-13-24(2,15-23)17-25(14-18,16-23)28-21-19-6-4-5-7-20(19)26-22(27-21)30-10-8-29(3)9-11-30/h4-7,18H,8-17H2,1-3H3,(H,26,27,28)/p+1/t18?,23-,24+,25?. The number of likely N-dealkylation sites (N-methyl/N-ethyl adjacent to an activating group) is 1. The number of rotatable bonds is 3. The third-order valence-electron chi connectivity index (χ3n) is 8.50. The lowest BCUT2D eigenvalue weighted by Crippen LogP contribution is -3.12. The Hall–Kier alpha value is -1.88. The van der Waals surface area contributed by atoms with Crippen LogP contribution in [0, 0.1) is 16.7 Å². The van der Waals surface area contributed by atoms with Crippen LogP contribution in [0.15, 0.2) is 24.3 Å². The van der Waals surface area contributed by atoms with Crippen molar-refractivity contribution in [2.45, 2.75) is 57.9 Å². The van der Waals surface area contributed by atoms with Crippen molar-refractivity contribution in [3.05, 3.63) is 24.3 Å². The summed E-state index contributed by atoms with van der Waals surface area (Å²) in [6.07, 6.45) is 8.13. The fourth-order valence-corrected chi connectivity index (χ4v) is 8.23. The van der Waals surface area contributed by atoms with Crippen LogP contribution >= 0.6 is 0 Å². The SMILES string of the molecule is C[NH+]1CCN(c2nc(NC34CC5C[C@@](C)(C3)C[C@](C)(C5)C4)c3ccccc3n2)CC1. The molecule has 0 radical (unpaired) electrons. The van der Waals surface area contributed by atoms with Crippen molar-refractivity contribution in [1.29, 1.82) is 0 Å². The number of quaternary nitrogens is 1. The van der Waals surface area contributed by atoms with E-state index in [-0.39, 0.29) is 5.54 Å². The smallest absolute Gasteiger partial charge is 0.228 e. The Kier molecular flexibility index (Phi) is 3.97. The molecule has 5 fully saturated rings. The van der Waals surface area contributed by atoms with Gasteiger partial charge in [0.05, 0.1) is 38.7 Å². The zero-order chi connectivity index (χ0) is 20.6. The molecule has 2 unspecified atom stereocenters. The Balaban J connectivity index is 1.39. The molecule has 4 bridgehead atoms.